The number of carbonyl (C=O) groups is 1. The second-order valence-electron chi connectivity index (χ2n) is 5.58. The van der Waals surface area contributed by atoms with E-state index in [0.717, 1.165) is 16.7 Å². The third-order valence-corrected chi connectivity index (χ3v) is 2.55. The second-order valence-corrected chi connectivity index (χ2v) is 5.58. The molecule has 0 aliphatic rings. The summed E-state index contributed by atoms with van der Waals surface area (Å²) in [5.74, 6) is 0.658. The van der Waals surface area contributed by atoms with Crippen molar-refractivity contribution >= 4 is 22.8 Å². The predicted octanol–water partition coefficient (Wildman–Crippen LogP) is 2.56. The molecule has 0 spiro atoms. The Kier molecular flexibility index (Phi) is 4.32. The molecule has 0 radical (unpaired) electrons. The molecule has 21 heavy (non-hydrogen) atoms. The molecule has 0 aliphatic carbocycles. The van der Waals surface area contributed by atoms with Gasteiger partial charge in [0.2, 0.25) is 0 Å². The maximum atomic E-state index is 11.6. The molecule has 0 fully saturated rings. The number of nitrogens with one attached hydrogen (secondary N) is 3. The van der Waals surface area contributed by atoms with E-state index >= 15 is 0 Å². The summed E-state index contributed by atoms with van der Waals surface area (Å²) in [4.78, 5) is 24.0. The van der Waals surface area contributed by atoms with E-state index in [9.17, 15) is 4.79 Å². The number of alkyl carbamates (subject to hydrolysis) is 1. The van der Waals surface area contributed by atoms with Gasteiger partial charge in [-0.15, -0.1) is 0 Å². The fourth-order valence-corrected chi connectivity index (χ4v) is 1.80. The molecule has 1 aromatic heterocycles. The van der Waals surface area contributed by atoms with E-state index in [4.69, 9.17) is 9.57 Å². The molecule has 3 N–H and O–H groups in total. The summed E-state index contributed by atoms with van der Waals surface area (Å²) in [7, 11) is 1.55. The monoisotopic (exact) mass is 292 g/mol. The Morgan fingerprint density at radius 1 is 1.38 bits per heavy atom. The lowest BCUT2D eigenvalue weighted by atomic mass is 10.2. The van der Waals surface area contributed by atoms with Crippen LogP contribution in [-0.4, -0.2) is 28.8 Å². The number of benzene rings is 1. The summed E-state index contributed by atoms with van der Waals surface area (Å²) in [5, 5.41) is 2.66. The Morgan fingerprint density at radius 3 is 2.81 bits per heavy atom. The highest BCUT2D eigenvalue weighted by Crippen LogP contribution is 2.17. The van der Waals surface area contributed by atoms with Gasteiger partial charge in [0.1, 0.15) is 11.4 Å². The van der Waals surface area contributed by atoms with Gasteiger partial charge in [0, 0.05) is 0 Å². The van der Waals surface area contributed by atoms with Crippen LogP contribution in [0.5, 0.6) is 0 Å². The summed E-state index contributed by atoms with van der Waals surface area (Å²) in [6.07, 6.45) is -0.468. The van der Waals surface area contributed by atoms with Crippen LogP contribution in [0.2, 0.25) is 0 Å². The fourth-order valence-electron chi connectivity index (χ4n) is 1.80. The molecular formula is C14H20N4O3. The van der Waals surface area contributed by atoms with Crippen LogP contribution in [0.4, 0.5) is 10.5 Å². The van der Waals surface area contributed by atoms with Crippen LogP contribution < -0.4 is 10.8 Å². The van der Waals surface area contributed by atoms with Gasteiger partial charge in [-0.3, -0.25) is 10.3 Å². The molecule has 0 unspecified atom stereocenters. The molecule has 1 aromatic carbocycles. The zero-order valence-corrected chi connectivity index (χ0v) is 12.6. The van der Waals surface area contributed by atoms with Crippen molar-refractivity contribution in [3.8, 4) is 0 Å². The number of nitrogens with zero attached hydrogens (tertiary/aromatic N) is 1. The Labute approximate surface area is 123 Å². The van der Waals surface area contributed by atoms with Crippen LogP contribution in [0.3, 0.4) is 0 Å². The van der Waals surface area contributed by atoms with Crippen molar-refractivity contribution < 1.29 is 14.4 Å². The normalized spacial score (nSPS) is 11.4. The average Bonchev–Trinajstić information content (AvgIpc) is 2.77. The van der Waals surface area contributed by atoms with Gasteiger partial charge >= 0.3 is 6.09 Å². The summed E-state index contributed by atoms with van der Waals surface area (Å²) in [5.41, 5.74) is 4.73. The van der Waals surface area contributed by atoms with Crippen LogP contribution in [0.25, 0.3) is 11.0 Å². The van der Waals surface area contributed by atoms with Gasteiger partial charge < -0.3 is 15.0 Å². The summed E-state index contributed by atoms with van der Waals surface area (Å²) >= 11 is 0. The number of aromatic amines is 1. The summed E-state index contributed by atoms with van der Waals surface area (Å²) in [6.45, 7) is 5.73. The van der Waals surface area contributed by atoms with E-state index in [2.05, 4.69) is 20.8 Å². The van der Waals surface area contributed by atoms with Gasteiger partial charge in [0.05, 0.1) is 30.4 Å². The molecule has 0 bridgehead atoms. The molecule has 0 atom stereocenters. The third kappa shape index (κ3) is 4.35. The predicted molar refractivity (Wildman–Crippen MR) is 79.8 cm³/mol. The minimum absolute atomic E-state index is 0.274. The van der Waals surface area contributed by atoms with Crippen molar-refractivity contribution in [3.05, 3.63) is 24.0 Å². The van der Waals surface area contributed by atoms with Crippen molar-refractivity contribution in [3.63, 3.8) is 0 Å². The first kappa shape index (κ1) is 15.1. The number of anilines is 1. The quantitative estimate of drug-likeness (QED) is 0.754. The molecule has 7 heteroatoms. The minimum atomic E-state index is -0.515. The van der Waals surface area contributed by atoms with Crippen LogP contribution in [0, 0.1) is 0 Å². The molecule has 0 saturated heterocycles. The van der Waals surface area contributed by atoms with Gasteiger partial charge in [-0.25, -0.2) is 9.78 Å². The lowest BCUT2D eigenvalue weighted by molar-refractivity contribution is 0.0522. The third-order valence-electron chi connectivity index (χ3n) is 2.55. The van der Waals surface area contributed by atoms with Gasteiger partial charge in [-0.1, -0.05) is 0 Å². The topological polar surface area (TPSA) is 88.3 Å². The zero-order valence-electron chi connectivity index (χ0n) is 12.6. The van der Waals surface area contributed by atoms with Crippen LogP contribution in [0.1, 0.15) is 26.6 Å². The fraction of sp³-hybridized carbons (Fsp3) is 0.429. The first-order valence-corrected chi connectivity index (χ1v) is 6.62. The van der Waals surface area contributed by atoms with E-state index in [1.807, 2.05) is 39.0 Å². The van der Waals surface area contributed by atoms with Crippen molar-refractivity contribution in [2.75, 3.05) is 12.6 Å². The van der Waals surface area contributed by atoms with E-state index in [1.165, 1.54) is 0 Å². The summed E-state index contributed by atoms with van der Waals surface area (Å²) < 4.78 is 5.17. The summed E-state index contributed by atoms with van der Waals surface area (Å²) in [6, 6.07) is 5.60. The number of amides is 1. The maximum absolute atomic E-state index is 11.6. The SMILES string of the molecule is CONc1ccc2nc(CNC(=O)OC(C)(C)C)[nH]c2c1. The molecular weight excluding hydrogens is 272 g/mol. The van der Waals surface area contributed by atoms with E-state index < -0.39 is 11.7 Å². The number of aromatic nitrogens is 2. The van der Waals surface area contributed by atoms with Crippen molar-refractivity contribution in [1.29, 1.82) is 0 Å². The number of hydrogen-bond acceptors (Lipinski definition) is 5. The highest BCUT2D eigenvalue weighted by molar-refractivity contribution is 5.79. The zero-order chi connectivity index (χ0) is 15.5. The highest BCUT2D eigenvalue weighted by Gasteiger charge is 2.16. The second kappa shape index (κ2) is 6.01. The number of fused-ring (bicyclic) bond motifs is 1. The van der Waals surface area contributed by atoms with E-state index in [-0.39, 0.29) is 6.54 Å². The van der Waals surface area contributed by atoms with Crippen LogP contribution >= 0.6 is 0 Å². The smallest absolute Gasteiger partial charge is 0.408 e. The minimum Gasteiger partial charge on any atom is -0.444 e. The largest absolute Gasteiger partial charge is 0.444 e. The Morgan fingerprint density at radius 2 is 2.14 bits per heavy atom. The highest BCUT2D eigenvalue weighted by atomic mass is 16.6. The van der Waals surface area contributed by atoms with E-state index in [1.54, 1.807) is 7.11 Å². The Hall–Kier alpha value is -2.28. The Bertz CT molecular complexity index is 631. The molecule has 114 valence electrons. The number of H-pyrrole nitrogens is 1. The number of hydrogen-bond donors (Lipinski definition) is 3. The van der Waals surface area contributed by atoms with Crippen LogP contribution in [-0.2, 0) is 16.1 Å². The average molecular weight is 292 g/mol. The van der Waals surface area contributed by atoms with Crippen molar-refractivity contribution in [1.82, 2.24) is 15.3 Å². The number of ether oxygens (including phenoxy) is 1. The Balaban J connectivity index is 2.01. The van der Waals surface area contributed by atoms with Crippen LogP contribution in [0.15, 0.2) is 18.2 Å². The number of imidazole rings is 1. The molecule has 1 heterocycles. The van der Waals surface area contributed by atoms with Gasteiger partial charge in [-0.2, -0.15) is 0 Å². The van der Waals surface area contributed by atoms with Crippen molar-refractivity contribution in [2.24, 2.45) is 0 Å². The first-order chi connectivity index (χ1) is 9.87. The maximum Gasteiger partial charge on any atom is 0.408 e. The standard InChI is InChI=1S/C14H20N4O3/c1-14(2,3)21-13(19)15-8-12-16-10-6-5-9(18-20-4)7-11(10)17-12/h5-7,18H,8H2,1-4H3,(H,15,19)(H,16,17). The van der Waals surface area contributed by atoms with E-state index in [0.29, 0.717) is 5.82 Å². The molecule has 7 nitrogen and oxygen atoms in total. The lowest BCUT2D eigenvalue weighted by Crippen LogP contribution is -2.32. The van der Waals surface area contributed by atoms with Gasteiger partial charge in [0.15, 0.2) is 0 Å². The first-order valence-electron chi connectivity index (χ1n) is 6.62. The van der Waals surface area contributed by atoms with Crippen molar-refractivity contribution in [2.45, 2.75) is 32.9 Å². The molecule has 0 saturated carbocycles. The molecule has 2 rings (SSSR count). The number of carbonyl (C=O) groups excluding carboxylic acids is 1. The molecule has 0 aliphatic heterocycles. The van der Waals surface area contributed by atoms with Gasteiger partial charge in [0.25, 0.3) is 0 Å². The van der Waals surface area contributed by atoms with Gasteiger partial charge in [-0.05, 0) is 39.0 Å². The molecule has 1 amide bonds. The lowest BCUT2D eigenvalue weighted by Gasteiger charge is -2.19. The molecule has 2 aromatic rings. The number of rotatable bonds is 4.